The minimum atomic E-state index is 0.325. The highest BCUT2D eigenvalue weighted by molar-refractivity contribution is 9.10. The fourth-order valence-corrected chi connectivity index (χ4v) is 2.92. The van der Waals surface area contributed by atoms with Gasteiger partial charge in [-0.25, -0.2) is 0 Å². The first kappa shape index (κ1) is 14.4. The number of hydrogen-bond donors (Lipinski definition) is 2. The Morgan fingerprint density at radius 3 is 2.63 bits per heavy atom. The van der Waals surface area contributed by atoms with Crippen molar-refractivity contribution in [2.45, 2.75) is 11.4 Å². The number of nitrogens with one attached hydrogen (secondary N) is 1. The number of para-hydroxylation sites is 1. The van der Waals surface area contributed by atoms with Gasteiger partial charge in [-0.15, -0.1) is 11.8 Å². The standard InChI is InChI=1S/C15H16BrNOS/c16-14-8-4-5-12(15(14)18)11-17-9-10-19-13-6-2-1-3-7-13/h1-8,17-18H,9-11H2. The van der Waals surface area contributed by atoms with E-state index in [1.54, 1.807) is 0 Å². The highest BCUT2D eigenvalue weighted by atomic mass is 79.9. The molecule has 0 saturated carbocycles. The van der Waals surface area contributed by atoms with Crippen LogP contribution in [0.4, 0.5) is 0 Å². The Balaban J connectivity index is 1.71. The van der Waals surface area contributed by atoms with E-state index in [0.29, 0.717) is 12.3 Å². The summed E-state index contributed by atoms with van der Waals surface area (Å²) in [6, 6.07) is 16.1. The van der Waals surface area contributed by atoms with Crippen molar-refractivity contribution in [2.24, 2.45) is 0 Å². The van der Waals surface area contributed by atoms with Gasteiger partial charge in [0.05, 0.1) is 4.47 Å². The molecule has 0 aliphatic rings. The third-order valence-electron chi connectivity index (χ3n) is 2.68. The molecule has 2 aromatic carbocycles. The lowest BCUT2D eigenvalue weighted by molar-refractivity contribution is 0.462. The molecule has 0 aliphatic heterocycles. The first-order valence-electron chi connectivity index (χ1n) is 6.12. The fraction of sp³-hybridized carbons (Fsp3) is 0.200. The lowest BCUT2D eigenvalue weighted by Crippen LogP contribution is -2.16. The number of thioether (sulfide) groups is 1. The van der Waals surface area contributed by atoms with Crippen molar-refractivity contribution in [2.75, 3.05) is 12.3 Å². The molecule has 2 nitrogen and oxygen atoms in total. The molecule has 0 fully saturated rings. The van der Waals surface area contributed by atoms with Crippen LogP contribution in [0.2, 0.25) is 0 Å². The predicted octanol–water partition coefficient (Wildman–Crippen LogP) is 4.04. The predicted molar refractivity (Wildman–Crippen MR) is 84.7 cm³/mol. The average molecular weight is 338 g/mol. The fourth-order valence-electron chi connectivity index (χ4n) is 1.68. The van der Waals surface area contributed by atoms with Crippen LogP contribution >= 0.6 is 27.7 Å². The van der Waals surface area contributed by atoms with Crippen LogP contribution in [-0.4, -0.2) is 17.4 Å². The van der Waals surface area contributed by atoms with Crippen molar-refractivity contribution in [3.8, 4) is 5.75 Å². The monoisotopic (exact) mass is 337 g/mol. The molecule has 2 aromatic rings. The van der Waals surface area contributed by atoms with Crippen LogP contribution in [0.25, 0.3) is 0 Å². The number of halogens is 1. The largest absolute Gasteiger partial charge is 0.506 e. The molecular weight excluding hydrogens is 322 g/mol. The van der Waals surface area contributed by atoms with E-state index in [-0.39, 0.29) is 0 Å². The van der Waals surface area contributed by atoms with Crippen molar-refractivity contribution < 1.29 is 5.11 Å². The van der Waals surface area contributed by atoms with Crippen molar-refractivity contribution in [3.05, 3.63) is 58.6 Å². The van der Waals surface area contributed by atoms with Crippen LogP contribution in [0.3, 0.4) is 0 Å². The summed E-state index contributed by atoms with van der Waals surface area (Å²) < 4.78 is 0.741. The second kappa shape index (κ2) is 7.58. The quantitative estimate of drug-likeness (QED) is 0.616. The Morgan fingerprint density at radius 1 is 1.05 bits per heavy atom. The minimum Gasteiger partial charge on any atom is -0.506 e. The molecule has 19 heavy (non-hydrogen) atoms. The molecule has 0 aliphatic carbocycles. The molecule has 100 valence electrons. The van der Waals surface area contributed by atoms with Gasteiger partial charge in [0.15, 0.2) is 0 Å². The topological polar surface area (TPSA) is 32.3 Å². The number of benzene rings is 2. The zero-order chi connectivity index (χ0) is 13.5. The van der Waals surface area contributed by atoms with E-state index in [9.17, 15) is 5.11 Å². The second-order valence-electron chi connectivity index (χ2n) is 4.09. The maximum Gasteiger partial charge on any atom is 0.134 e. The van der Waals surface area contributed by atoms with Crippen LogP contribution in [0.15, 0.2) is 57.9 Å². The van der Waals surface area contributed by atoms with E-state index in [1.807, 2.05) is 36.0 Å². The van der Waals surface area contributed by atoms with Gasteiger partial charge in [-0.05, 0) is 34.1 Å². The van der Waals surface area contributed by atoms with Crippen molar-refractivity contribution in [1.29, 1.82) is 0 Å². The molecule has 0 heterocycles. The number of aromatic hydroxyl groups is 1. The molecule has 2 N–H and O–H groups in total. The van der Waals surface area contributed by atoms with Gasteiger partial charge >= 0.3 is 0 Å². The Morgan fingerprint density at radius 2 is 1.84 bits per heavy atom. The Bertz CT molecular complexity index is 519. The summed E-state index contributed by atoms with van der Waals surface area (Å²) in [5.74, 6) is 1.34. The Labute approximate surface area is 126 Å². The maximum atomic E-state index is 9.84. The second-order valence-corrected chi connectivity index (χ2v) is 6.11. The molecule has 0 spiro atoms. The van der Waals surface area contributed by atoms with Gasteiger partial charge < -0.3 is 10.4 Å². The SMILES string of the molecule is Oc1c(Br)cccc1CNCCSc1ccccc1. The van der Waals surface area contributed by atoms with Crippen LogP contribution in [0.1, 0.15) is 5.56 Å². The van der Waals surface area contributed by atoms with E-state index >= 15 is 0 Å². The van der Waals surface area contributed by atoms with E-state index in [1.165, 1.54) is 4.90 Å². The van der Waals surface area contributed by atoms with Gasteiger partial charge in [0.2, 0.25) is 0 Å². The van der Waals surface area contributed by atoms with Gasteiger partial charge in [-0.2, -0.15) is 0 Å². The normalized spacial score (nSPS) is 10.6. The Kier molecular flexibility index (Phi) is 5.76. The maximum absolute atomic E-state index is 9.84. The average Bonchev–Trinajstić information content (AvgIpc) is 2.44. The number of rotatable bonds is 6. The summed E-state index contributed by atoms with van der Waals surface area (Å²) in [4.78, 5) is 1.29. The molecular formula is C15H16BrNOS. The lowest BCUT2D eigenvalue weighted by atomic mass is 10.2. The summed E-state index contributed by atoms with van der Waals surface area (Å²) in [7, 11) is 0. The molecule has 0 aromatic heterocycles. The van der Waals surface area contributed by atoms with E-state index in [0.717, 1.165) is 22.3 Å². The molecule has 0 amide bonds. The number of hydrogen-bond acceptors (Lipinski definition) is 3. The summed E-state index contributed by atoms with van der Waals surface area (Å²) in [6.45, 7) is 1.59. The van der Waals surface area contributed by atoms with Crippen molar-refractivity contribution in [3.63, 3.8) is 0 Å². The first-order valence-corrected chi connectivity index (χ1v) is 7.90. The van der Waals surface area contributed by atoms with Gasteiger partial charge in [0.1, 0.15) is 5.75 Å². The van der Waals surface area contributed by atoms with Crippen LogP contribution in [-0.2, 0) is 6.54 Å². The highest BCUT2D eigenvalue weighted by Crippen LogP contribution is 2.27. The van der Waals surface area contributed by atoms with Gasteiger partial charge in [0.25, 0.3) is 0 Å². The van der Waals surface area contributed by atoms with E-state index in [4.69, 9.17) is 0 Å². The van der Waals surface area contributed by atoms with Gasteiger partial charge in [0, 0.05) is 29.3 Å². The molecule has 0 bridgehead atoms. The van der Waals surface area contributed by atoms with Crippen molar-refractivity contribution >= 4 is 27.7 Å². The summed E-state index contributed by atoms with van der Waals surface area (Å²) >= 11 is 5.15. The Hall–Kier alpha value is -0.970. The molecule has 0 atom stereocenters. The zero-order valence-corrected chi connectivity index (χ0v) is 12.9. The van der Waals surface area contributed by atoms with E-state index < -0.39 is 0 Å². The molecule has 4 heteroatoms. The van der Waals surface area contributed by atoms with Gasteiger partial charge in [-0.1, -0.05) is 30.3 Å². The lowest BCUT2D eigenvalue weighted by Gasteiger charge is -2.08. The molecule has 0 radical (unpaired) electrons. The van der Waals surface area contributed by atoms with Crippen LogP contribution in [0, 0.1) is 0 Å². The van der Waals surface area contributed by atoms with Crippen LogP contribution in [0.5, 0.6) is 5.75 Å². The summed E-state index contributed by atoms with van der Waals surface area (Å²) in [5, 5.41) is 13.2. The molecule has 0 unspecified atom stereocenters. The van der Waals surface area contributed by atoms with E-state index in [2.05, 4.69) is 45.5 Å². The molecule has 2 rings (SSSR count). The number of phenolic OH excluding ortho intramolecular Hbond substituents is 1. The van der Waals surface area contributed by atoms with Gasteiger partial charge in [-0.3, -0.25) is 0 Å². The summed E-state index contributed by atoms with van der Waals surface area (Å²) in [6.07, 6.45) is 0. The minimum absolute atomic E-state index is 0.325. The van der Waals surface area contributed by atoms with Crippen molar-refractivity contribution in [1.82, 2.24) is 5.32 Å². The first-order chi connectivity index (χ1) is 9.27. The summed E-state index contributed by atoms with van der Waals surface area (Å²) in [5.41, 5.74) is 0.916. The zero-order valence-electron chi connectivity index (χ0n) is 10.5. The molecule has 0 saturated heterocycles. The third-order valence-corrected chi connectivity index (χ3v) is 4.33. The highest BCUT2D eigenvalue weighted by Gasteiger charge is 2.03. The smallest absolute Gasteiger partial charge is 0.134 e. The number of phenols is 1. The van der Waals surface area contributed by atoms with Crippen LogP contribution < -0.4 is 5.32 Å². The third kappa shape index (κ3) is 4.56.